The number of hydrogen-bond donors (Lipinski definition) is 3. The largest absolute Gasteiger partial charge is 0.480 e. The van der Waals surface area contributed by atoms with Gasteiger partial charge in [0.15, 0.2) is 11.1 Å². The molecule has 0 unspecified atom stereocenters. The average Bonchev–Trinajstić information content (AvgIpc) is 3.02. The Morgan fingerprint density at radius 2 is 1.96 bits per heavy atom. The first-order chi connectivity index (χ1) is 11.5. The molecule has 0 aliphatic rings. The lowest BCUT2D eigenvalue weighted by Gasteiger charge is -2.08. The van der Waals surface area contributed by atoms with Crippen LogP contribution in [0.2, 0.25) is 0 Å². The van der Waals surface area contributed by atoms with Crippen LogP contribution in [-0.2, 0) is 4.79 Å². The molecule has 2 aromatic heterocycles. The van der Waals surface area contributed by atoms with Crippen LogP contribution < -0.4 is 10.7 Å². The van der Waals surface area contributed by atoms with Crippen molar-refractivity contribution < 1.29 is 19.1 Å². The standard InChI is InChI=1S/C15H11FN4O4.ClH/c16-9-3-1-8(2-4-9)10-5-11(21)13(14-18-7-19-20(10)14)15(24)17-6-12(22)23;/h1-5,7H,6H2,(H,17,24)(H,18,19)(H,22,23);1H. The monoisotopic (exact) mass is 366 g/mol. The van der Waals surface area contributed by atoms with Gasteiger partial charge in [-0.05, 0) is 24.3 Å². The van der Waals surface area contributed by atoms with E-state index in [0.29, 0.717) is 11.3 Å². The summed E-state index contributed by atoms with van der Waals surface area (Å²) in [5, 5.41) is 13.5. The average molecular weight is 367 g/mol. The number of aromatic amines is 1. The fourth-order valence-corrected chi connectivity index (χ4v) is 2.29. The van der Waals surface area contributed by atoms with E-state index in [4.69, 9.17) is 5.11 Å². The third-order valence-electron chi connectivity index (χ3n) is 3.33. The second-order valence-electron chi connectivity index (χ2n) is 4.90. The maximum Gasteiger partial charge on any atom is 0.322 e. The molecule has 3 aromatic rings. The molecule has 130 valence electrons. The Balaban J connectivity index is 0.00000225. The van der Waals surface area contributed by atoms with Crippen molar-refractivity contribution in [2.45, 2.75) is 0 Å². The van der Waals surface area contributed by atoms with Gasteiger partial charge in [-0.25, -0.2) is 13.9 Å². The number of amides is 1. The maximum absolute atomic E-state index is 13.1. The molecular formula is C15H12ClFN4O4. The van der Waals surface area contributed by atoms with E-state index in [1.54, 1.807) is 0 Å². The third-order valence-corrected chi connectivity index (χ3v) is 3.33. The van der Waals surface area contributed by atoms with E-state index in [9.17, 15) is 18.8 Å². The first-order valence-electron chi connectivity index (χ1n) is 6.82. The van der Waals surface area contributed by atoms with Crippen molar-refractivity contribution >= 4 is 29.9 Å². The number of rotatable bonds is 4. The molecule has 0 saturated heterocycles. The van der Waals surface area contributed by atoms with E-state index in [2.05, 4.69) is 15.4 Å². The van der Waals surface area contributed by atoms with Crippen LogP contribution in [0.5, 0.6) is 0 Å². The highest BCUT2D eigenvalue weighted by atomic mass is 35.5. The summed E-state index contributed by atoms with van der Waals surface area (Å²) in [5.74, 6) is -2.49. The van der Waals surface area contributed by atoms with Gasteiger partial charge in [0, 0.05) is 11.6 Å². The van der Waals surface area contributed by atoms with Crippen molar-refractivity contribution in [1.29, 1.82) is 0 Å². The van der Waals surface area contributed by atoms with Crippen molar-refractivity contribution in [3.8, 4) is 11.3 Å². The van der Waals surface area contributed by atoms with Gasteiger partial charge in [0.25, 0.3) is 5.91 Å². The van der Waals surface area contributed by atoms with Gasteiger partial charge in [-0.3, -0.25) is 19.5 Å². The van der Waals surface area contributed by atoms with E-state index in [1.165, 1.54) is 41.2 Å². The van der Waals surface area contributed by atoms with Crippen LogP contribution in [0.1, 0.15) is 10.4 Å². The molecule has 25 heavy (non-hydrogen) atoms. The number of carbonyl (C=O) groups is 2. The molecule has 1 amide bonds. The zero-order valence-corrected chi connectivity index (χ0v) is 13.3. The summed E-state index contributed by atoms with van der Waals surface area (Å²) in [4.78, 5) is 38.9. The van der Waals surface area contributed by atoms with Crippen LogP contribution in [0, 0.1) is 5.82 Å². The fourth-order valence-electron chi connectivity index (χ4n) is 2.29. The molecule has 1 aromatic carbocycles. The summed E-state index contributed by atoms with van der Waals surface area (Å²) in [6.07, 6.45) is 1.29. The van der Waals surface area contributed by atoms with Crippen molar-refractivity contribution in [2.75, 3.05) is 6.54 Å². The summed E-state index contributed by atoms with van der Waals surface area (Å²) >= 11 is 0. The van der Waals surface area contributed by atoms with Crippen LogP contribution in [0.3, 0.4) is 0 Å². The number of benzene rings is 1. The number of pyridine rings is 1. The zero-order chi connectivity index (χ0) is 17.3. The molecule has 8 nitrogen and oxygen atoms in total. The molecule has 10 heteroatoms. The van der Waals surface area contributed by atoms with Gasteiger partial charge in [-0.15, -0.1) is 12.4 Å². The first kappa shape index (κ1) is 18.1. The third kappa shape index (κ3) is 3.50. The molecule has 0 bridgehead atoms. The zero-order valence-electron chi connectivity index (χ0n) is 12.5. The summed E-state index contributed by atoms with van der Waals surface area (Å²) in [5.41, 5.74) is 0.0879. The van der Waals surface area contributed by atoms with E-state index in [-0.39, 0.29) is 23.6 Å². The van der Waals surface area contributed by atoms with Crippen LogP contribution in [0.4, 0.5) is 4.39 Å². The van der Waals surface area contributed by atoms with Crippen molar-refractivity contribution in [3.05, 3.63) is 58.3 Å². The van der Waals surface area contributed by atoms with E-state index < -0.39 is 29.7 Å². The summed E-state index contributed by atoms with van der Waals surface area (Å²) in [6, 6.07) is 6.67. The SMILES string of the molecule is Cl.O=C(O)CNC(=O)c1c(=O)cc(-c2ccc(F)cc2)n2[nH]cnc12. The van der Waals surface area contributed by atoms with Crippen LogP contribution in [0.15, 0.2) is 41.5 Å². The Morgan fingerprint density at radius 1 is 1.28 bits per heavy atom. The molecule has 3 N–H and O–H groups in total. The van der Waals surface area contributed by atoms with Gasteiger partial charge in [-0.2, -0.15) is 0 Å². The smallest absolute Gasteiger partial charge is 0.322 e. The Morgan fingerprint density at radius 3 is 2.60 bits per heavy atom. The lowest BCUT2D eigenvalue weighted by atomic mass is 10.1. The van der Waals surface area contributed by atoms with Gasteiger partial charge < -0.3 is 10.4 Å². The highest BCUT2D eigenvalue weighted by Crippen LogP contribution is 2.20. The lowest BCUT2D eigenvalue weighted by Crippen LogP contribution is -2.33. The number of aromatic nitrogens is 3. The van der Waals surface area contributed by atoms with Gasteiger partial charge in [0.05, 0.1) is 5.69 Å². The molecular weight excluding hydrogens is 355 g/mol. The van der Waals surface area contributed by atoms with Gasteiger partial charge in [0.2, 0.25) is 0 Å². The lowest BCUT2D eigenvalue weighted by molar-refractivity contribution is -0.135. The number of carboxylic acid groups (broad SMARTS) is 1. The Bertz CT molecular complexity index is 997. The quantitative estimate of drug-likeness (QED) is 0.638. The highest BCUT2D eigenvalue weighted by molar-refractivity contribution is 6.01. The number of nitrogens with zero attached hydrogens (tertiary/aromatic N) is 2. The van der Waals surface area contributed by atoms with Crippen LogP contribution in [-0.4, -0.2) is 38.1 Å². The molecule has 0 aliphatic carbocycles. The molecule has 0 spiro atoms. The topological polar surface area (TPSA) is 117 Å². The molecule has 0 atom stereocenters. The number of aliphatic carboxylic acids is 1. The molecule has 3 rings (SSSR count). The number of halogens is 2. The fraction of sp³-hybridized carbons (Fsp3) is 0.0667. The predicted octanol–water partition coefficient (Wildman–Crippen LogP) is 1.06. The Kier molecular flexibility index (Phi) is 5.18. The molecule has 0 aliphatic heterocycles. The number of fused-ring (bicyclic) bond motifs is 1. The normalized spacial score (nSPS) is 10.3. The summed E-state index contributed by atoms with van der Waals surface area (Å²) in [6.45, 7) is -0.616. The maximum atomic E-state index is 13.1. The summed E-state index contributed by atoms with van der Waals surface area (Å²) in [7, 11) is 0. The number of carboxylic acids is 1. The van der Waals surface area contributed by atoms with Crippen molar-refractivity contribution in [3.63, 3.8) is 0 Å². The van der Waals surface area contributed by atoms with E-state index >= 15 is 0 Å². The van der Waals surface area contributed by atoms with Crippen LogP contribution >= 0.6 is 12.4 Å². The van der Waals surface area contributed by atoms with E-state index in [1.807, 2.05) is 0 Å². The van der Waals surface area contributed by atoms with Gasteiger partial charge >= 0.3 is 5.97 Å². The molecule has 0 fully saturated rings. The van der Waals surface area contributed by atoms with Crippen molar-refractivity contribution in [2.24, 2.45) is 0 Å². The number of H-pyrrole nitrogens is 1. The second-order valence-corrected chi connectivity index (χ2v) is 4.90. The van der Waals surface area contributed by atoms with Crippen molar-refractivity contribution in [1.82, 2.24) is 19.9 Å². The Labute approximate surface area is 145 Å². The highest BCUT2D eigenvalue weighted by Gasteiger charge is 2.20. The molecule has 0 radical (unpaired) electrons. The van der Waals surface area contributed by atoms with Crippen LogP contribution in [0.25, 0.3) is 16.9 Å². The predicted molar refractivity (Wildman–Crippen MR) is 88.4 cm³/mol. The van der Waals surface area contributed by atoms with Gasteiger partial charge in [0.1, 0.15) is 24.3 Å². The summed E-state index contributed by atoms with van der Waals surface area (Å²) < 4.78 is 14.5. The minimum Gasteiger partial charge on any atom is -0.480 e. The number of carbonyl (C=O) groups excluding carboxylic acids is 1. The Hall–Kier alpha value is -3.20. The first-order valence-corrected chi connectivity index (χ1v) is 6.82. The van der Waals surface area contributed by atoms with E-state index in [0.717, 1.165) is 0 Å². The number of hydrogen-bond acceptors (Lipinski definition) is 4. The van der Waals surface area contributed by atoms with Gasteiger partial charge in [-0.1, -0.05) is 0 Å². The number of nitrogens with one attached hydrogen (secondary N) is 2. The molecule has 0 saturated carbocycles. The minimum atomic E-state index is -1.23. The minimum absolute atomic E-state index is 0. The molecule has 2 heterocycles. The second kappa shape index (κ2) is 7.14.